The number of amides is 3. The van der Waals surface area contributed by atoms with Gasteiger partial charge >= 0.3 is 0 Å². The van der Waals surface area contributed by atoms with Crippen LogP contribution in [0.2, 0.25) is 0 Å². The van der Waals surface area contributed by atoms with Crippen LogP contribution in [0, 0.1) is 12.3 Å². The molecule has 0 saturated carbocycles. The first kappa shape index (κ1) is 28.3. The Labute approximate surface area is 241 Å². The highest BCUT2D eigenvalue weighted by Gasteiger charge is 2.52. The minimum absolute atomic E-state index is 0.0440. The van der Waals surface area contributed by atoms with Gasteiger partial charge in [0.2, 0.25) is 11.8 Å². The van der Waals surface area contributed by atoms with Crippen LogP contribution in [0.25, 0.3) is 0 Å². The fraction of sp³-hybridized carbons (Fsp3) is 0.310. The lowest BCUT2D eigenvalue weighted by molar-refractivity contribution is -0.152. The van der Waals surface area contributed by atoms with Crippen molar-refractivity contribution in [2.24, 2.45) is 5.73 Å². The lowest BCUT2D eigenvalue weighted by Crippen LogP contribution is -2.49. The molecule has 5 N–H and O–H groups in total. The van der Waals surface area contributed by atoms with E-state index in [1.54, 1.807) is 35.7 Å². The Morgan fingerprint density at radius 3 is 2.34 bits per heavy atom. The maximum atomic E-state index is 13.2. The van der Waals surface area contributed by atoms with Gasteiger partial charge in [0.1, 0.15) is 23.4 Å². The normalized spacial score (nSPS) is 17.4. The molecule has 2 saturated heterocycles. The summed E-state index contributed by atoms with van der Waals surface area (Å²) in [6.45, 7) is 2.75. The van der Waals surface area contributed by atoms with E-state index in [0.717, 1.165) is 10.4 Å². The summed E-state index contributed by atoms with van der Waals surface area (Å²) in [4.78, 5) is 41.4. The summed E-state index contributed by atoms with van der Waals surface area (Å²) < 4.78 is 17.4. The highest BCUT2D eigenvalue weighted by Crippen LogP contribution is 2.35. The zero-order valence-corrected chi connectivity index (χ0v) is 23.3. The summed E-state index contributed by atoms with van der Waals surface area (Å²) in [7, 11) is 0. The van der Waals surface area contributed by atoms with Gasteiger partial charge in [0, 0.05) is 27.8 Å². The number of aryl methyl sites for hydroxylation is 1. The monoisotopic (exact) mass is 577 g/mol. The van der Waals surface area contributed by atoms with Crippen LogP contribution in [0.15, 0.2) is 60.0 Å². The van der Waals surface area contributed by atoms with Crippen LogP contribution in [0.5, 0.6) is 11.5 Å². The number of hydrogen-bond acceptors (Lipinski definition) is 8. The molecular weight excluding hydrogens is 546 g/mol. The molecule has 2 aromatic carbocycles. The Bertz CT molecular complexity index is 1430. The number of nitrogens with one attached hydrogen (secondary N) is 3. The molecule has 3 heterocycles. The maximum Gasteiger partial charge on any atom is 0.251 e. The number of carbonyl (C=O) groups is 3. The molecule has 0 unspecified atom stereocenters. The number of carbonyl (C=O) groups excluding carboxylic acids is 3. The van der Waals surface area contributed by atoms with E-state index in [-0.39, 0.29) is 37.8 Å². The number of nitrogen functional groups attached to an aromatic ring is 1. The predicted octanol–water partition coefficient (Wildman–Crippen LogP) is 2.52. The molecule has 0 bridgehead atoms. The summed E-state index contributed by atoms with van der Waals surface area (Å²) in [5.41, 5.74) is 7.60. The van der Waals surface area contributed by atoms with Crippen LogP contribution < -0.4 is 21.1 Å². The summed E-state index contributed by atoms with van der Waals surface area (Å²) >= 11 is 1.38. The third-order valence-electron chi connectivity index (χ3n) is 6.90. The summed E-state index contributed by atoms with van der Waals surface area (Å²) in [5.74, 6) is -1.04. The van der Waals surface area contributed by atoms with Crippen molar-refractivity contribution in [3.05, 3.63) is 81.5 Å². The van der Waals surface area contributed by atoms with E-state index in [1.165, 1.54) is 16.2 Å². The summed E-state index contributed by atoms with van der Waals surface area (Å²) in [6.07, 6.45) is 0.185. The molecule has 5 rings (SSSR count). The largest absolute Gasteiger partial charge is 0.457 e. The van der Waals surface area contributed by atoms with Crippen LogP contribution >= 0.6 is 11.3 Å². The number of hydrogen-bond donors (Lipinski definition) is 4. The molecule has 0 aliphatic carbocycles. The molecule has 2 aliphatic rings. The predicted molar refractivity (Wildman–Crippen MR) is 152 cm³/mol. The molecule has 3 amide bonds. The fourth-order valence-corrected chi connectivity index (χ4v) is 5.55. The second-order valence-electron chi connectivity index (χ2n) is 9.90. The fourth-order valence-electron chi connectivity index (χ4n) is 4.72. The average molecular weight is 578 g/mol. The van der Waals surface area contributed by atoms with Crippen molar-refractivity contribution >= 4 is 34.9 Å². The number of amidine groups is 1. The number of likely N-dealkylation sites (tertiary alicyclic amines) is 1. The van der Waals surface area contributed by atoms with E-state index in [9.17, 15) is 14.4 Å². The third-order valence-corrected chi connectivity index (χ3v) is 7.84. The van der Waals surface area contributed by atoms with Gasteiger partial charge in [-0.15, -0.1) is 11.3 Å². The van der Waals surface area contributed by atoms with Gasteiger partial charge in [0.25, 0.3) is 5.91 Å². The molecule has 11 nitrogen and oxygen atoms in total. The highest BCUT2D eigenvalue weighted by molar-refractivity contribution is 7.10. The van der Waals surface area contributed by atoms with E-state index in [0.29, 0.717) is 35.8 Å². The molecule has 1 atom stereocenters. The van der Waals surface area contributed by atoms with Crippen molar-refractivity contribution in [3.63, 3.8) is 0 Å². The van der Waals surface area contributed by atoms with Gasteiger partial charge in [-0.2, -0.15) is 0 Å². The lowest BCUT2D eigenvalue weighted by Gasteiger charge is -2.24. The molecule has 1 aromatic heterocycles. The first-order chi connectivity index (χ1) is 19.7. The van der Waals surface area contributed by atoms with E-state index >= 15 is 0 Å². The Morgan fingerprint density at radius 2 is 1.71 bits per heavy atom. The van der Waals surface area contributed by atoms with Gasteiger partial charge in [-0.1, -0.05) is 17.7 Å². The van der Waals surface area contributed by atoms with Gasteiger partial charge < -0.3 is 35.5 Å². The molecule has 3 aromatic rings. The van der Waals surface area contributed by atoms with Crippen molar-refractivity contribution in [2.45, 2.75) is 31.7 Å². The van der Waals surface area contributed by atoms with Gasteiger partial charge in [0.05, 0.1) is 32.8 Å². The van der Waals surface area contributed by atoms with Crippen LogP contribution in [0.3, 0.4) is 0 Å². The Hall–Kier alpha value is -4.26. The van der Waals surface area contributed by atoms with Gasteiger partial charge in [-0.05, 0) is 49.4 Å². The Morgan fingerprint density at radius 1 is 1.05 bits per heavy atom. The van der Waals surface area contributed by atoms with Crippen molar-refractivity contribution in [1.82, 2.24) is 15.5 Å². The van der Waals surface area contributed by atoms with Gasteiger partial charge in [-0.3, -0.25) is 19.8 Å². The summed E-state index contributed by atoms with van der Waals surface area (Å²) in [6, 6.07) is 15.1. The molecule has 2 fully saturated rings. The minimum atomic E-state index is -1.04. The van der Waals surface area contributed by atoms with Gasteiger partial charge in [0.15, 0.2) is 5.79 Å². The van der Waals surface area contributed by atoms with Crippen molar-refractivity contribution in [3.8, 4) is 11.5 Å². The molecular formula is C29H31N5O6S. The van der Waals surface area contributed by atoms with Crippen molar-refractivity contribution in [1.29, 1.82) is 5.41 Å². The van der Waals surface area contributed by atoms with E-state index in [2.05, 4.69) is 10.6 Å². The number of nitrogens with two attached hydrogens (primary N) is 1. The minimum Gasteiger partial charge on any atom is -0.457 e. The SMILES string of the molecule is Cc1ccc(Oc2ccc(C(=O)NCC(=O)N3CC4(C[C@H]3C(=O)NCc3cc(C(=N)N)cs3)OCCO4)cc2)cc1. The van der Waals surface area contributed by atoms with Crippen LogP contribution in [-0.4, -0.2) is 66.6 Å². The van der Waals surface area contributed by atoms with Gasteiger partial charge in [-0.25, -0.2) is 0 Å². The second-order valence-corrected chi connectivity index (χ2v) is 10.9. The highest BCUT2D eigenvalue weighted by atomic mass is 32.1. The second kappa shape index (κ2) is 12.1. The topological polar surface area (TPSA) is 156 Å². The number of rotatable bonds is 9. The molecule has 214 valence electrons. The molecule has 0 radical (unpaired) electrons. The first-order valence-corrected chi connectivity index (χ1v) is 14.0. The van der Waals surface area contributed by atoms with E-state index < -0.39 is 23.6 Å². The Kier molecular flexibility index (Phi) is 8.34. The zero-order valence-electron chi connectivity index (χ0n) is 22.5. The van der Waals surface area contributed by atoms with Crippen molar-refractivity contribution < 1.29 is 28.6 Å². The summed E-state index contributed by atoms with van der Waals surface area (Å²) in [5, 5.41) is 14.8. The molecule has 2 aliphatic heterocycles. The first-order valence-electron chi connectivity index (χ1n) is 13.1. The van der Waals surface area contributed by atoms with Crippen LogP contribution in [-0.2, 0) is 25.6 Å². The number of thiophene rings is 1. The number of benzene rings is 2. The van der Waals surface area contributed by atoms with E-state index in [4.69, 9.17) is 25.4 Å². The van der Waals surface area contributed by atoms with Crippen LogP contribution in [0.1, 0.15) is 32.8 Å². The third kappa shape index (κ3) is 6.73. The number of nitrogens with zero attached hydrogens (tertiary/aromatic N) is 1. The Balaban J connectivity index is 1.18. The molecule has 12 heteroatoms. The lowest BCUT2D eigenvalue weighted by atomic mass is 10.1. The zero-order chi connectivity index (χ0) is 29.0. The average Bonchev–Trinajstić information content (AvgIpc) is 3.73. The maximum absolute atomic E-state index is 13.2. The smallest absolute Gasteiger partial charge is 0.251 e. The van der Waals surface area contributed by atoms with Crippen molar-refractivity contribution in [2.75, 3.05) is 26.3 Å². The quantitative estimate of drug-likeness (QED) is 0.225. The van der Waals surface area contributed by atoms with Crippen LogP contribution in [0.4, 0.5) is 0 Å². The number of ether oxygens (including phenoxy) is 3. The molecule has 41 heavy (non-hydrogen) atoms. The van der Waals surface area contributed by atoms with E-state index in [1.807, 2.05) is 31.2 Å². The molecule has 1 spiro atoms. The standard InChI is InChI=1S/C29H31N5O6S/c1-18-2-6-21(7-3-18)40-22-8-4-19(5-9-22)27(36)33-15-25(35)34-17-29(38-10-11-39-29)13-24(34)28(37)32-14-23-12-20(16-41-23)26(30)31/h2-9,12,16,24H,10-11,13-15,17H2,1H3,(H3,30,31)(H,32,37)(H,33,36)/t24-/m0/s1.